The second-order valence-corrected chi connectivity index (χ2v) is 9.27. The Kier molecular flexibility index (Phi) is 7.67. The molecule has 1 aromatic rings. The number of aliphatic carboxylic acids is 1. The molecule has 0 aliphatic carbocycles. The van der Waals surface area contributed by atoms with Gasteiger partial charge in [0.25, 0.3) is 0 Å². The Morgan fingerprint density at radius 2 is 2.00 bits per heavy atom. The van der Waals surface area contributed by atoms with Gasteiger partial charge in [0.05, 0.1) is 18.3 Å². The lowest BCUT2D eigenvalue weighted by Gasteiger charge is -2.28. The average molecular weight is 417 g/mol. The molecule has 0 aromatic heterocycles. The fraction of sp³-hybridized carbons (Fsp3) is 0.500. The molecular formula is C18H25ClN2O5S. The van der Waals surface area contributed by atoms with Crippen molar-refractivity contribution in [1.29, 1.82) is 0 Å². The van der Waals surface area contributed by atoms with E-state index in [1.54, 1.807) is 32.1 Å². The molecule has 0 amide bonds. The molecule has 1 aromatic carbocycles. The molecule has 9 heteroatoms. The van der Waals surface area contributed by atoms with Gasteiger partial charge in [-0.3, -0.25) is 15.1 Å². The van der Waals surface area contributed by atoms with Gasteiger partial charge in [0.15, 0.2) is 0 Å². The number of hydrogen-bond donors (Lipinski definition) is 2. The molecule has 0 spiro atoms. The maximum atomic E-state index is 12.5. The largest absolute Gasteiger partial charge is 0.481 e. The zero-order valence-corrected chi connectivity index (χ0v) is 17.0. The van der Waals surface area contributed by atoms with E-state index in [9.17, 15) is 18.3 Å². The number of hydrogen-bond acceptors (Lipinski definition) is 5. The number of carboxylic acids is 1. The van der Waals surface area contributed by atoms with E-state index in [1.165, 1.54) is 4.31 Å². The van der Waals surface area contributed by atoms with Crippen LogP contribution in [0.4, 0.5) is 0 Å². The predicted molar refractivity (Wildman–Crippen MR) is 103 cm³/mol. The summed E-state index contributed by atoms with van der Waals surface area (Å²) in [6.45, 7) is 4.26. The molecule has 27 heavy (non-hydrogen) atoms. The third-order valence-corrected chi connectivity index (χ3v) is 6.58. The SMILES string of the molecule is CC(C)C(CS(=O)(=O)N1CC=C(NOCc2ccc(Cl)cc2)CC1)C(=O)O. The van der Waals surface area contributed by atoms with Gasteiger partial charge >= 0.3 is 5.97 Å². The summed E-state index contributed by atoms with van der Waals surface area (Å²) in [4.78, 5) is 16.7. The Morgan fingerprint density at radius 1 is 1.33 bits per heavy atom. The third kappa shape index (κ3) is 6.49. The molecule has 1 aliphatic rings. The molecule has 0 bridgehead atoms. The lowest BCUT2D eigenvalue weighted by molar-refractivity contribution is -0.142. The van der Waals surface area contributed by atoms with Crippen molar-refractivity contribution < 1.29 is 23.2 Å². The molecular weight excluding hydrogens is 392 g/mol. The second kappa shape index (κ2) is 9.54. The number of rotatable bonds is 9. The van der Waals surface area contributed by atoms with E-state index in [0.29, 0.717) is 18.1 Å². The first-order valence-corrected chi connectivity index (χ1v) is 10.7. The molecule has 0 radical (unpaired) electrons. The van der Waals surface area contributed by atoms with E-state index in [1.807, 2.05) is 12.1 Å². The summed E-state index contributed by atoms with van der Waals surface area (Å²) in [5.41, 5.74) is 4.61. The van der Waals surface area contributed by atoms with E-state index < -0.39 is 21.9 Å². The van der Waals surface area contributed by atoms with Crippen LogP contribution >= 0.6 is 11.6 Å². The van der Waals surface area contributed by atoms with Crippen LogP contribution in [0.5, 0.6) is 0 Å². The Labute approximate surface area is 165 Å². The van der Waals surface area contributed by atoms with Crippen LogP contribution in [0.2, 0.25) is 5.02 Å². The van der Waals surface area contributed by atoms with E-state index >= 15 is 0 Å². The van der Waals surface area contributed by atoms with Crippen molar-refractivity contribution in [3.8, 4) is 0 Å². The van der Waals surface area contributed by atoms with Crippen LogP contribution in [0.3, 0.4) is 0 Å². The van der Waals surface area contributed by atoms with Crippen molar-refractivity contribution in [2.45, 2.75) is 26.9 Å². The van der Waals surface area contributed by atoms with Gasteiger partial charge in [-0.15, -0.1) is 0 Å². The number of hydroxylamine groups is 1. The molecule has 2 N–H and O–H groups in total. The van der Waals surface area contributed by atoms with Crippen LogP contribution in [0, 0.1) is 11.8 Å². The second-order valence-electron chi connectivity index (χ2n) is 6.82. The minimum absolute atomic E-state index is 0.194. The summed E-state index contributed by atoms with van der Waals surface area (Å²) in [7, 11) is -3.64. The van der Waals surface area contributed by atoms with E-state index in [2.05, 4.69) is 5.48 Å². The Bertz CT molecular complexity index is 777. The number of nitrogens with one attached hydrogen (secondary N) is 1. The minimum atomic E-state index is -3.64. The molecule has 1 heterocycles. The number of benzene rings is 1. The van der Waals surface area contributed by atoms with Crippen LogP contribution in [-0.2, 0) is 26.3 Å². The molecule has 2 rings (SSSR count). The van der Waals surface area contributed by atoms with Crippen LogP contribution < -0.4 is 5.48 Å². The molecule has 1 unspecified atom stereocenters. The fourth-order valence-corrected chi connectivity index (χ4v) is 4.66. The molecule has 0 fully saturated rings. The molecule has 0 saturated heterocycles. The first kappa shape index (κ1) is 21.7. The summed E-state index contributed by atoms with van der Waals surface area (Å²) in [5, 5.41) is 9.88. The fourth-order valence-electron chi connectivity index (χ4n) is 2.67. The number of halogens is 1. The maximum Gasteiger partial charge on any atom is 0.307 e. The Hall–Kier alpha value is -1.61. The first-order chi connectivity index (χ1) is 12.7. The number of nitrogens with zero attached hydrogens (tertiary/aromatic N) is 1. The van der Waals surface area contributed by atoms with E-state index in [4.69, 9.17) is 16.4 Å². The van der Waals surface area contributed by atoms with Gasteiger partial charge in [-0.2, -0.15) is 4.31 Å². The minimum Gasteiger partial charge on any atom is -0.481 e. The third-order valence-electron chi connectivity index (χ3n) is 4.43. The summed E-state index contributed by atoms with van der Waals surface area (Å²) in [5.74, 6) is -2.64. The highest BCUT2D eigenvalue weighted by molar-refractivity contribution is 7.89. The van der Waals surface area contributed by atoms with Crippen molar-refractivity contribution in [3.05, 3.63) is 46.6 Å². The van der Waals surface area contributed by atoms with Crippen molar-refractivity contribution in [1.82, 2.24) is 9.79 Å². The average Bonchev–Trinajstić information content (AvgIpc) is 2.61. The summed E-state index contributed by atoms with van der Waals surface area (Å²) in [6.07, 6.45) is 2.22. The smallest absolute Gasteiger partial charge is 0.307 e. The summed E-state index contributed by atoms with van der Waals surface area (Å²) < 4.78 is 26.3. The van der Waals surface area contributed by atoms with Gasteiger partial charge in [0.1, 0.15) is 0 Å². The molecule has 0 saturated carbocycles. The van der Waals surface area contributed by atoms with Gasteiger partial charge in [-0.05, 0) is 29.7 Å². The molecule has 7 nitrogen and oxygen atoms in total. The quantitative estimate of drug-likeness (QED) is 0.601. The van der Waals surface area contributed by atoms with Gasteiger partial charge in [0, 0.05) is 30.2 Å². The van der Waals surface area contributed by atoms with Gasteiger partial charge in [-0.25, -0.2) is 8.42 Å². The predicted octanol–water partition coefficient (Wildman–Crippen LogP) is 2.64. The number of carboxylic acid groups (broad SMARTS) is 1. The summed E-state index contributed by atoms with van der Waals surface area (Å²) >= 11 is 5.83. The Balaban J connectivity index is 1.85. The van der Waals surface area contributed by atoms with Crippen molar-refractivity contribution in [3.63, 3.8) is 0 Å². The zero-order valence-electron chi connectivity index (χ0n) is 15.4. The number of carbonyl (C=O) groups is 1. The zero-order chi connectivity index (χ0) is 20.0. The van der Waals surface area contributed by atoms with Crippen LogP contribution in [-0.4, -0.2) is 42.6 Å². The van der Waals surface area contributed by atoms with E-state index in [-0.39, 0.29) is 24.8 Å². The highest BCUT2D eigenvalue weighted by atomic mass is 35.5. The Morgan fingerprint density at radius 3 is 2.52 bits per heavy atom. The highest BCUT2D eigenvalue weighted by Gasteiger charge is 2.32. The van der Waals surface area contributed by atoms with Crippen molar-refractivity contribution >= 4 is 27.6 Å². The molecule has 150 valence electrons. The first-order valence-electron chi connectivity index (χ1n) is 8.71. The lowest BCUT2D eigenvalue weighted by Crippen LogP contribution is -2.41. The maximum absolute atomic E-state index is 12.5. The monoisotopic (exact) mass is 416 g/mol. The lowest BCUT2D eigenvalue weighted by atomic mass is 9.98. The van der Waals surface area contributed by atoms with E-state index in [0.717, 1.165) is 11.3 Å². The number of sulfonamides is 1. The van der Waals surface area contributed by atoms with Gasteiger partial charge in [0.2, 0.25) is 10.0 Å². The van der Waals surface area contributed by atoms with Crippen LogP contribution in [0.15, 0.2) is 36.0 Å². The van der Waals surface area contributed by atoms with Crippen LogP contribution in [0.25, 0.3) is 0 Å². The van der Waals surface area contributed by atoms with Crippen LogP contribution in [0.1, 0.15) is 25.8 Å². The van der Waals surface area contributed by atoms with Gasteiger partial charge < -0.3 is 5.11 Å². The normalized spacial score (nSPS) is 16.8. The van der Waals surface area contributed by atoms with Crippen molar-refractivity contribution in [2.24, 2.45) is 11.8 Å². The highest BCUT2D eigenvalue weighted by Crippen LogP contribution is 2.19. The van der Waals surface area contributed by atoms with Gasteiger partial charge in [-0.1, -0.05) is 37.6 Å². The standard InChI is InChI=1S/C18H25ClN2O5S/c1-13(2)17(18(22)23)12-27(24,25)21-9-7-16(8-10-21)20-26-11-14-3-5-15(19)6-4-14/h3-7,13,17,20H,8-12H2,1-2H3,(H,22,23). The summed E-state index contributed by atoms with van der Waals surface area (Å²) in [6, 6.07) is 7.29. The molecule has 1 aliphatic heterocycles. The molecule has 1 atom stereocenters. The van der Waals surface area contributed by atoms with Crippen molar-refractivity contribution in [2.75, 3.05) is 18.8 Å². The topological polar surface area (TPSA) is 95.9 Å².